The number of benzene rings is 1. The van der Waals surface area contributed by atoms with E-state index in [4.69, 9.17) is 5.73 Å². The van der Waals surface area contributed by atoms with Gasteiger partial charge in [-0.2, -0.15) is 0 Å². The van der Waals surface area contributed by atoms with Gasteiger partial charge in [0.2, 0.25) is 5.91 Å². The zero-order valence-electron chi connectivity index (χ0n) is 11.6. The Balaban J connectivity index is 0.00000220. The van der Waals surface area contributed by atoms with Gasteiger partial charge < -0.3 is 16.4 Å². The van der Waals surface area contributed by atoms with E-state index in [1.54, 1.807) is 0 Å². The Hall–Kier alpha value is -1.38. The molecule has 2 rings (SSSR count). The van der Waals surface area contributed by atoms with Crippen LogP contribution in [0.1, 0.15) is 25.7 Å². The van der Waals surface area contributed by atoms with E-state index < -0.39 is 0 Å². The van der Waals surface area contributed by atoms with E-state index >= 15 is 0 Å². The third-order valence-electron chi connectivity index (χ3n) is 3.23. The van der Waals surface area contributed by atoms with Gasteiger partial charge in [0.15, 0.2) is 5.96 Å². The molecule has 1 saturated carbocycles. The molecule has 1 amide bonds. The SMILES string of the molecule is I.NC(=NCC(=O)Nc1ccc(F)cc1)NC1CCCC1. The second-order valence-corrected chi connectivity index (χ2v) is 4.88. The van der Waals surface area contributed by atoms with Crippen molar-refractivity contribution < 1.29 is 9.18 Å². The number of halogens is 2. The fraction of sp³-hybridized carbons (Fsp3) is 0.429. The van der Waals surface area contributed by atoms with E-state index in [1.807, 2.05) is 0 Å². The molecule has 0 heterocycles. The van der Waals surface area contributed by atoms with Crippen LogP contribution in [0.15, 0.2) is 29.3 Å². The van der Waals surface area contributed by atoms with Crippen molar-refractivity contribution in [2.24, 2.45) is 10.7 Å². The van der Waals surface area contributed by atoms with E-state index in [-0.39, 0.29) is 42.2 Å². The molecule has 0 radical (unpaired) electrons. The Labute approximate surface area is 140 Å². The summed E-state index contributed by atoms with van der Waals surface area (Å²) in [5, 5.41) is 5.73. The minimum Gasteiger partial charge on any atom is -0.370 e. The maximum Gasteiger partial charge on any atom is 0.246 e. The predicted octanol–water partition coefficient (Wildman–Crippen LogP) is 2.23. The minimum absolute atomic E-state index is 0. The summed E-state index contributed by atoms with van der Waals surface area (Å²) >= 11 is 0. The molecule has 4 N–H and O–H groups in total. The van der Waals surface area contributed by atoms with E-state index in [1.165, 1.54) is 37.1 Å². The van der Waals surface area contributed by atoms with Gasteiger partial charge in [-0.1, -0.05) is 12.8 Å². The molecule has 1 aromatic rings. The number of hydrogen-bond donors (Lipinski definition) is 3. The molecule has 0 bridgehead atoms. The Morgan fingerprint density at radius 2 is 1.90 bits per heavy atom. The number of amides is 1. The number of hydrogen-bond acceptors (Lipinski definition) is 2. The molecule has 1 aromatic carbocycles. The van der Waals surface area contributed by atoms with Gasteiger partial charge >= 0.3 is 0 Å². The highest BCUT2D eigenvalue weighted by Crippen LogP contribution is 2.17. The van der Waals surface area contributed by atoms with Crippen LogP contribution in [0.25, 0.3) is 0 Å². The normalized spacial score (nSPS) is 15.4. The van der Waals surface area contributed by atoms with Crippen molar-refractivity contribution in [3.8, 4) is 0 Å². The summed E-state index contributed by atoms with van der Waals surface area (Å²) in [5.74, 6) is -0.329. The van der Waals surface area contributed by atoms with Gasteiger partial charge in [0.05, 0.1) is 0 Å². The van der Waals surface area contributed by atoms with Gasteiger partial charge in [-0.25, -0.2) is 9.38 Å². The zero-order valence-corrected chi connectivity index (χ0v) is 14.0. The molecule has 0 unspecified atom stereocenters. The third-order valence-corrected chi connectivity index (χ3v) is 3.23. The van der Waals surface area contributed by atoms with Crippen molar-refractivity contribution in [3.63, 3.8) is 0 Å². The lowest BCUT2D eigenvalue weighted by Gasteiger charge is -2.12. The molecule has 0 atom stereocenters. The lowest BCUT2D eigenvalue weighted by molar-refractivity contribution is -0.114. The van der Waals surface area contributed by atoms with Crippen molar-refractivity contribution in [1.82, 2.24) is 5.32 Å². The molecule has 116 valence electrons. The minimum atomic E-state index is -0.342. The number of guanidine groups is 1. The summed E-state index contributed by atoms with van der Waals surface area (Å²) in [4.78, 5) is 15.6. The summed E-state index contributed by atoms with van der Waals surface area (Å²) < 4.78 is 12.7. The summed E-state index contributed by atoms with van der Waals surface area (Å²) in [5.41, 5.74) is 6.26. The molecular weight excluding hydrogens is 386 g/mol. The van der Waals surface area contributed by atoms with Crippen LogP contribution in [0.4, 0.5) is 10.1 Å². The van der Waals surface area contributed by atoms with Gasteiger partial charge in [-0.15, -0.1) is 24.0 Å². The number of anilines is 1. The molecule has 5 nitrogen and oxygen atoms in total. The van der Waals surface area contributed by atoms with Crippen LogP contribution in [0, 0.1) is 5.82 Å². The van der Waals surface area contributed by atoms with E-state index in [2.05, 4.69) is 15.6 Å². The average Bonchev–Trinajstić information content (AvgIpc) is 2.92. The first-order chi connectivity index (χ1) is 9.63. The molecule has 7 heteroatoms. The Morgan fingerprint density at radius 1 is 1.29 bits per heavy atom. The summed E-state index contributed by atoms with van der Waals surface area (Å²) in [6, 6.07) is 5.94. The Kier molecular flexibility index (Phi) is 7.41. The number of nitrogens with one attached hydrogen (secondary N) is 2. The highest BCUT2D eigenvalue weighted by molar-refractivity contribution is 14.0. The molecule has 0 aromatic heterocycles. The molecular formula is C14H20FIN4O. The molecule has 21 heavy (non-hydrogen) atoms. The van der Waals surface area contributed by atoms with Gasteiger partial charge in [0.25, 0.3) is 0 Å². The summed E-state index contributed by atoms with van der Waals surface area (Å²) in [6.45, 7) is -0.0526. The number of rotatable bonds is 4. The third kappa shape index (κ3) is 6.28. The largest absolute Gasteiger partial charge is 0.370 e. The number of carbonyl (C=O) groups is 1. The fourth-order valence-electron chi connectivity index (χ4n) is 2.22. The van der Waals surface area contributed by atoms with Gasteiger partial charge in [0, 0.05) is 11.7 Å². The van der Waals surface area contributed by atoms with Crippen LogP contribution in [-0.2, 0) is 4.79 Å². The van der Waals surface area contributed by atoms with Crippen LogP contribution in [-0.4, -0.2) is 24.5 Å². The Bertz CT molecular complexity index is 486. The smallest absolute Gasteiger partial charge is 0.246 e. The first-order valence-corrected chi connectivity index (χ1v) is 6.75. The van der Waals surface area contributed by atoms with E-state index in [0.717, 1.165) is 12.8 Å². The van der Waals surface area contributed by atoms with Crippen molar-refractivity contribution in [2.45, 2.75) is 31.7 Å². The van der Waals surface area contributed by atoms with Crippen LogP contribution in [0.5, 0.6) is 0 Å². The van der Waals surface area contributed by atoms with Crippen LogP contribution >= 0.6 is 24.0 Å². The molecule has 0 saturated heterocycles. The van der Waals surface area contributed by atoms with Crippen molar-refractivity contribution in [1.29, 1.82) is 0 Å². The maximum absolute atomic E-state index is 12.7. The average molecular weight is 406 g/mol. The predicted molar refractivity (Wildman–Crippen MR) is 92.3 cm³/mol. The number of carbonyl (C=O) groups excluding carboxylic acids is 1. The van der Waals surface area contributed by atoms with Gasteiger partial charge in [-0.05, 0) is 37.1 Å². The van der Waals surface area contributed by atoms with Crippen LogP contribution in [0.3, 0.4) is 0 Å². The van der Waals surface area contributed by atoms with E-state index in [9.17, 15) is 9.18 Å². The topological polar surface area (TPSA) is 79.5 Å². The van der Waals surface area contributed by atoms with Gasteiger partial charge in [-0.3, -0.25) is 4.79 Å². The zero-order chi connectivity index (χ0) is 14.4. The van der Waals surface area contributed by atoms with E-state index in [0.29, 0.717) is 17.7 Å². The summed E-state index contributed by atoms with van der Waals surface area (Å²) in [7, 11) is 0. The summed E-state index contributed by atoms with van der Waals surface area (Å²) in [6.07, 6.45) is 4.60. The second kappa shape index (κ2) is 8.81. The monoisotopic (exact) mass is 406 g/mol. The molecule has 1 aliphatic rings. The highest BCUT2D eigenvalue weighted by atomic mass is 127. The first-order valence-electron chi connectivity index (χ1n) is 6.75. The molecule has 1 fully saturated rings. The standard InChI is InChI=1S/C14H19FN4O.HI/c15-10-5-7-12(8-6-10)18-13(20)9-17-14(16)19-11-3-1-2-4-11;/h5-8,11H,1-4,9H2,(H,18,20)(H3,16,17,19);1H. The van der Waals surface area contributed by atoms with Crippen molar-refractivity contribution in [3.05, 3.63) is 30.1 Å². The van der Waals surface area contributed by atoms with Crippen LogP contribution in [0.2, 0.25) is 0 Å². The first kappa shape index (κ1) is 17.7. The van der Waals surface area contributed by atoms with Crippen molar-refractivity contribution in [2.75, 3.05) is 11.9 Å². The molecule has 1 aliphatic carbocycles. The molecule has 0 aliphatic heterocycles. The molecule has 0 spiro atoms. The number of aliphatic imine (C=N–C) groups is 1. The second-order valence-electron chi connectivity index (χ2n) is 4.88. The fourth-order valence-corrected chi connectivity index (χ4v) is 2.22. The maximum atomic E-state index is 12.7. The van der Waals surface area contributed by atoms with Gasteiger partial charge in [0.1, 0.15) is 12.4 Å². The number of nitrogens with two attached hydrogens (primary N) is 1. The quantitative estimate of drug-likeness (QED) is 0.408. The number of nitrogens with zero attached hydrogens (tertiary/aromatic N) is 1. The van der Waals surface area contributed by atoms with Crippen LogP contribution < -0.4 is 16.4 Å². The highest BCUT2D eigenvalue weighted by Gasteiger charge is 2.14. The van der Waals surface area contributed by atoms with Crippen molar-refractivity contribution >= 4 is 41.5 Å². The lowest BCUT2D eigenvalue weighted by atomic mass is 10.2. The Morgan fingerprint density at radius 3 is 2.52 bits per heavy atom. The lowest BCUT2D eigenvalue weighted by Crippen LogP contribution is -2.39.